The van der Waals surface area contributed by atoms with E-state index in [1.165, 1.54) is 6.92 Å². The van der Waals surface area contributed by atoms with Crippen LogP contribution in [0, 0.1) is 0 Å². The van der Waals surface area contributed by atoms with E-state index in [1.54, 1.807) is 0 Å². The summed E-state index contributed by atoms with van der Waals surface area (Å²) in [5.74, 6) is -1.28. The fourth-order valence-electron chi connectivity index (χ4n) is 1.45. The van der Waals surface area contributed by atoms with Gasteiger partial charge in [0.15, 0.2) is 16.4 Å². The summed E-state index contributed by atoms with van der Waals surface area (Å²) in [6, 6.07) is 0. The molecule has 102 valence electrons. The van der Waals surface area contributed by atoms with Crippen molar-refractivity contribution in [2.24, 2.45) is 0 Å². The van der Waals surface area contributed by atoms with E-state index < -0.39 is 34.5 Å². The van der Waals surface area contributed by atoms with E-state index in [1.807, 2.05) is 0 Å². The normalized spacial score (nSPS) is 18.9. The second kappa shape index (κ2) is 5.99. The van der Waals surface area contributed by atoms with Crippen molar-refractivity contribution in [3.8, 4) is 0 Å². The van der Waals surface area contributed by atoms with Crippen molar-refractivity contribution in [3.63, 3.8) is 0 Å². The maximum Gasteiger partial charge on any atom is 0.344 e. The van der Waals surface area contributed by atoms with E-state index in [4.69, 9.17) is 4.74 Å². The fourth-order valence-corrected chi connectivity index (χ4v) is 2.90. The first kappa shape index (κ1) is 14.7. The van der Waals surface area contributed by atoms with Gasteiger partial charge in [0.05, 0.1) is 11.5 Å². The molecule has 7 heteroatoms. The monoisotopic (exact) mass is 276 g/mol. The highest BCUT2D eigenvalue weighted by Crippen LogP contribution is 2.15. The van der Waals surface area contributed by atoms with Gasteiger partial charge in [0.1, 0.15) is 6.10 Å². The summed E-state index contributed by atoms with van der Waals surface area (Å²) >= 11 is 0. The quantitative estimate of drug-likeness (QED) is 0.539. The standard InChI is InChI=1S/C11H16O6S/c1-8(2)11(13)16-7-10(12)17-9-3-5-18(14,15)6-4-9/h9H,1,3-7H2,2H3. The molecule has 1 aliphatic heterocycles. The highest BCUT2D eigenvalue weighted by Gasteiger charge is 2.26. The molecular formula is C11H16O6S. The van der Waals surface area contributed by atoms with Crippen molar-refractivity contribution < 1.29 is 27.5 Å². The molecule has 18 heavy (non-hydrogen) atoms. The van der Waals surface area contributed by atoms with Crippen molar-refractivity contribution in [1.29, 1.82) is 0 Å². The van der Waals surface area contributed by atoms with Gasteiger partial charge >= 0.3 is 11.9 Å². The Morgan fingerprint density at radius 2 is 1.83 bits per heavy atom. The molecular weight excluding hydrogens is 260 g/mol. The first-order valence-electron chi connectivity index (χ1n) is 5.53. The number of esters is 2. The minimum atomic E-state index is -2.98. The minimum Gasteiger partial charge on any atom is -0.460 e. The Balaban J connectivity index is 2.29. The lowest BCUT2D eigenvalue weighted by Gasteiger charge is -2.21. The van der Waals surface area contributed by atoms with Crippen molar-refractivity contribution in [2.75, 3.05) is 18.1 Å². The first-order valence-corrected chi connectivity index (χ1v) is 7.35. The van der Waals surface area contributed by atoms with Crippen LogP contribution in [0.4, 0.5) is 0 Å². The Kier molecular flexibility index (Phi) is 4.89. The molecule has 1 aliphatic rings. The van der Waals surface area contributed by atoms with Crippen LogP contribution in [0.3, 0.4) is 0 Å². The third-order valence-electron chi connectivity index (χ3n) is 2.47. The van der Waals surface area contributed by atoms with Gasteiger partial charge in [-0.2, -0.15) is 0 Å². The molecule has 0 aliphatic carbocycles. The van der Waals surface area contributed by atoms with Gasteiger partial charge in [0.25, 0.3) is 0 Å². The van der Waals surface area contributed by atoms with E-state index in [0.717, 1.165) is 0 Å². The molecule has 0 saturated carbocycles. The number of sulfone groups is 1. The Bertz CT molecular complexity index is 436. The maximum atomic E-state index is 11.3. The van der Waals surface area contributed by atoms with Gasteiger partial charge in [-0.3, -0.25) is 0 Å². The summed E-state index contributed by atoms with van der Waals surface area (Å²) in [5, 5.41) is 0. The van der Waals surface area contributed by atoms with Gasteiger partial charge in [-0.05, 0) is 19.8 Å². The van der Waals surface area contributed by atoms with Crippen LogP contribution < -0.4 is 0 Å². The van der Waals surface area contributed by atoms with Gasteiger partial charge < -0.3 is 9.47 Å². The highest BCUT2D eigenvalue weighted by molar-refractivity contribution is 7.91. The van der Waals surface area contributed by atoms with Crippen LogP contribution in [0.25, 0.3) is 0 Å². The largest absolute Gasteiger partial charge is 0.460 e. The van der Waals surface area contributed by atoms with E-state index in [-0.39, 0.29) is 17.1 Å². The molecule has 1 rings (SSSR count). The zero-order valence-electron chi connectivity index (χ0n) is 10.2. The van der Waals surface area contributed by atoms with E-state index in [9.17, 15) is 18.0 Å². The molecule has 0 unspecified atom stereocenters. The number of hydrogen-bond acceptors (Lipinski definition) is 6. The van der Waals surface area contributed by atoms with Crippen LogP contribution >= 0.6 is 0 Å². The average molecular weight is 276 g/mol. The molecule has 0 amide bonds. The Morgan fingerprint density at radius 3 is 2.33 bits per heavy atom. The van der Waals surface area contributed by atoms with Crippen molar-refractivity contribution in [3.05, 3.63) is 12.2 Å². The third kappa shape index (κ3) is 4.87. The zero-order chi connectivity index (χ0) is 13.8. The van der Waals surface area contributed by atoms with Crippen molar-refractivity contribution >= 4 is 21.8 Å². The molecule has 0 aromatic rings. The molecule has 6 nitrogen and oxygen atoms in total. The van der Waals surface area contributed by atoms with E-state index >= 15 is 0 Å². The number of hydrogen-bond donors (Lipinski definition) is 0. The van der Waals surface area contributed by atoms with Gasteiger partial charge in [-0.25, -0.2) is 18.0 Å². The SMILES string of the molecule is C=C(C)C(=O)OCC(=O)OC1CCS(=O)(=O)CC1. The smallest absolute Gasteiger partial charge is 0.344 e. The first-order chi connectivity index (χ1) is 8.30. The van der Waals surface area contributed by atoms with Crippen LogP contribution in [-0.2, 0) is 28.9 Å². The Labute approximate surface area is 106 Å². The Hall–Kier alpha value is -1.37. The van der Waals surface area contributed by atoms with Crippen molar-refractivity contribution in [2.45, 2.75) is 25.9 Å². The fraction of sp³-hybridized carbons (Fsp3) is 0.636. The molecule has 0 N–H and O–H groups in total. The molecule has 0 radical (unpaired) electrons. The van der Waals surface area contributed by atoms with Crippen molar-refractivity contribution in [1.82, 2.24) is 0 Å². The zero-order valence-corrected chi connectivity index (χ0v) is 11.0. The summed E-state index contributed by atoms with van der Waals surface area (Å²) in [6.07, 6.45) is 0.176. The number of rotatable bonds is 4. The third-order valence-corrected chi connectivity index (χ3v) is 4.18. The summed E-state index contributed by atoms with van der Waals surface area (Å²) in [6.45, 7) is 4.37. The molecule has 1 saturated heterocycles. The number of carbonyl (C=O) groups excluding carboxylic acids is 2. The topological polar surface area (TPSA) is 86.7 Å². The molecule has 1 heterocycles. The lowest BCUT2D eigenvalue weighted by Crippen LogP contribution is -2.31. The van der Waals surface area contributed by atoms with Crippen LogP contribution in [0.15, 0.2) is 12.2 Å². The number of ether oxygens (including phenoxy) is 2. The summed E-state index contributed by atoms with van der Waals surface area (Å²) in [7, 11) is -2.98. The summed E-state index contributed by atoms with van der Waals surface area (Å²) < 4.78 is 31.9. The van der Waals surface area contributed by atoms with Crippen LogP contribution in [0.2, 0.25) is 0 Å². The molecule has 0 aromatic carbocycles. The summed E-state index contributed by atoms with van der Waals surface area (Å²) in [5.41, 5.74) is 0.201. The van der Waals surface area contributed by atoms with Crippen LogP contribution in [0.1, 0.15) is 19.8 Å². The van der Waals surface area contributed by atoms with E-state index in [2.05, 4.69) is 11.3 Å². The van der Waals surface area contributed by atoms with Crippen LogP contribution in [0.5, 0.6) is 0 Å². The molecule has 0 atom stereocenters. The predicted octanol–water partition coefficient (Wildman–Crippen LogP) is 0.226. The van der Waals surface area contributed by atoms with Gasteiger partial charge in [0, 0.05) is 5.57 Å². The summed E-state index contributed by atoms with van der Waals surface area (Å²) in [4.78, 5) is 22.3. The number of carbonyl (C=O) groups is 2. The molecule has 0 bridgehead atoms. The molecule has 0 aromatic heterocycles. The van der Waals surface area contributed by atoms with Crippen LogP contribution in [-0.4, -0.2) is 44.6 Å². The van der Waals surface area contributed by atoms with E-state index in [0.29, 0.717) is 12.8 Å². The van der Waals surface area contributed by atoms with Gasteiger partial charge in [0.2, 0.25) is 0 Å². The highest BCUT2D eigenvalue weighted by atomic mass is 32.2. The lowest BCUT2D eigenvalue weighted by atomic mass is 10.2. The van der Waals surface area contributed by atoms with Gasteiger partial charge in [-0.1, -0.05) is 6.58 Å². The minimum absolute atomic E-state index is 0.0243. The second-order valence-corrected chi connectivity index (χ2v) is 6.50. The predicted molar refractivity (Wildman–Crippen MR) is 63.5 cm³/mol. The molecule has 1 fully saturated rings. The Morgan fingerprint density at radius 1 is 1.28 bits per heavy atom. The molecule has 0 spiro atoms. The average Bonchev–Trinajstić information content (AvgIpc) is 2.28. The maximum absolute atomic E-state index is 11.3. The lowest BCUT2D eigenvalue weighted by molar-refractivity contribution is -0.160. The second-order valence-electron chi connectivity index (χ2n) is 4.20. The van der Waals surface area contributed by atoms with Gasteiger partial charge in [-0.15, -0.1) is 0 Å².